The van der Waals surface area contributed by atoms with Gasteiger partial charge in [-0.2, -0.15) is 4.98 Å². The Bertz CT molecular complexity index is 1060. The predicted octanol–water partition coefficient (Wildman–Crippen LogP) is 2.57. The normalized spacial score (nSPS) is 11.5. The Morgan fingerprint density at radius 2 is 2.07 bits per heavy atom. The summed E-state index contributed by atoms with van der Waals surface area (Å²) < 4.78 is 32.4. The zero-order valence-corrected chi connectivity index (χ0v) is 16.5. The number of halogens is 1. The van der Waals surface area contributed by atoms with Crippen LogP contribution in [0.1, 0.15) is 17.7 Å². The van der Waals surface area contributed by atoms with E-state index in [4.69, 9.17) is 16.1 Å². The van der Waals surface area contributed by atoms with Gasteiger partial charge in [-0.25, -0.2) is 13.1 Å². The smallest absolute Gasteiger partial charge is 0.250 e. The molecule has 2 N–H and O–H groups in total. The monoisotopic (exact) mass is 426 g/mol. The van der Waals surface area contributed by atoms with Crippen LogP contribution in [0.5, 0.6) is 0 Å². The molecule has 1 amide bonds. The standard InChI is InChI=1S/C16H15ClN4O4S2/c1-10(22)18-8-13-5-6-15(26-13)27(23,24)19-9-14-20-16(21-25-14)11-3-2-4-12(17)7-11/h2-7,19H,8-9H2,1H3,(H,18,22). The van der Waals surface area contributed by atoms with E-state index in [1.807, 2.05) is 0 Å². The van der Waals surface area contributed by atoms with Crippen LogP contribution in [-0.2, 0) is 27.9 Å². The van der Waals surface area contributed by atoms with Gasteiger partial charge in [0.05, 0.1) is 13.1 Å². The third-order valence-corrected chi connectivity index (χ3v) is 6.59. The molecule has 0 aliphatic heterocycles. The number of nitrogens with one attached hydrogen (secondary N) is 2. The van der Waals surface area contributed by atoms with Gasteiger partial charge in [0, 0.05) is 22.4 Å². The Morgan fingerprint density at radius 1 is 1.26 bits per heavy atom. The molecule has 11 heteroatoms. The maximum Gasteiger partial charge on any atom is 0.250 e. The lowest BCUT2D eigenvalue weighted by Gasteiger charge is -2.01. The van der Waals surface area contributed by atoms with Gasteiger partial charge in [-0.1, -0.05) is 28.9 Å². The Labute approximate surface area is 164 Å². The van der Waals surface area contributed by atoms with E-state index in [1.54, 1.807) is 30.3 Å². The van der Waals surface area contributed by atoms with Crippen molar-refractivity contribution in [2.45, 2.75) is 24.2 Å². The summed E-state index contributed by atoms with van der Waals surface area (Å²) in [6.45, 7) is 1.53. The van der Waals surface area contributed by atoms with E-state index in [1.165, 1.54) is 13.0 Å². The highest BCUT2D eigenvalue weighted by Gasteiger charge is 2.18. The van der Waals surface area contributed by atoms with Gasteiger partial charge in [0.2, 0.25) is 17.6 Å². The topological polar surface area (TPSA) is 114 Å². The second-order valence-electron chi connectivity index (χ2n) is 5.48. The summed E-state index contributed by atoms with van der Waals surface area (Å²) in [5, 5.41) is 6.98. The lowest BCUT2D eigenvalue weighted by atomic mass is 10.2. The summed E-state index contributed by atoms with van der Waals surface area (Å²) in [7, 11) is -3.73. The molecule has 0 saturated heterocycles. The summed E-state index contributed by atoms with van der Waals surface area (Å²) >= 11 is 7.01. The molecule has 2 aromatic heterocycles. The van der Waals surface area contributed by atoms with Crippen molar-refractivity contribution in [2.24, 2.45) is 0 Å². The third kappa shape index (κ3) is 5.13. The first-order valence-corrected chi connectivity index (χ1v) is 10.4. The average molecular weight is 427 g/mol. The largest absolute Gasteiger partial charge is 0.351 e. The number of hydrogen-bond acceptors (Lipinski definition) is 7. The summed E-state index contributed by atoms with van der Waals surface area (Å²) in [6, 6.07) is 10.1. The Morgan fingerprint density at radius 3 is 2.81 bits per heavy atom. The minimum Gasteiger partial charge on any atom is -0.351 e. The van der Waals surface area contributed by atoms with E-state index < -0.39 is 10.0 Å². The first kappa shape index (κ1) is 19.5. The van der Waals surface area contributed by atoms with Crippen molar-refractivity contribution in [3.8, 4) is 11.4 Å². The van der Waals surface area contributed by atoms with Gasteiger partial charge < -0.3 is 9.84 Å². The number of amides is 1. The molecule has 1 aromatic carbocycles. The van der Waals surface area contributed by atoms with Crippen LogP contribution in [0.25, 0.3) is 11.4 Å². The Balaban J connectivity index is 1.65. The fraction of sp³-hybridized carbons (Fsp3) is 0.188. The Kier molecular flexibility index (Phi) is 5.90. The number of hydrogen-bond donors (Lipinski definition) is 2. The van der Waals surface area contributed by atoms with Gasteiger partial charge in [0.1, 0.15) is 4.21 Å². The molecule has 8 nitrogen and oxygen atoms in total. The van der Waals surface area contributed by atoms with Crippen molar-refractivity contribution in [3.05, 3.63) is 52.2 Å². The van der Waals surface area contributed by atoms with Crippen LogP contribution >= 0.6 is 22.9 Å². The van der Waals surface area contributed by atoms with E-state index in [-0.39, 0.29) is 29.1 Å². The highest BCUT2D eigenvalue weighted by Crippen LogP contribution is 2.22. The number of benzene rings is 1. The van der Waals surface area contributed by atoms with Crippen molar-refractivity contribution in [2.75, 3.05) is 0 Å². The summed E-state index contributed by atoms with van der Waals surface area (Å²) in [4.78, 5) is 15.8. The van der Waals surface area contributed by atoms with Crippen molar-refractivity contribution in [3.63, 3.8) is 0 Å². The fourth-order valence-electron chi connectivity index (χ4n) is 2.11. The van der Waals surface area contributed by atoms with Crippen molar-refractivity contribution >= 4 is 38.9 Å². The second-order valence-corrected chi connectivity index (χ2v) is 9.08. The van der Waals surface area contributed by atoms with Crippen LogP contribution in [0, 0.1) is 0 Å². The summed E-state index contributed by atoms with van der Waals surface area (Å²) in [5.41, 5.74) is 0.668. The molecular weight excluding hydrogens is 412 g/mol. The average Bonchev–Trinajstić information content (AvgIpc) is 3.28. The van der Waals surface area contributed by atoms with Crippen molar-refractivity contribution < 1.29 is 17.7 Å². The third-order valence-electron chi connectivity index (χ3n) is 3.38. The highest BCUT2D eigenvalue weighted by molar-refractivity contribution is 7.91. The predicted molar refractivity (Wildman–Crippen MR) is 101 cm³/mol. The molecule has 0 bridgehead atoms. The quantitative estimate of drug-likeness (QED) is 0.600. The molecule has 0 radical (unpaired) electrons. The van der Waals surface area contributed by atoms with Crippen LogP contribution in [0.2, 0.25) is 5.02 Å². The lowest BCUT2D eigenvalue weighted by molar-refractivity contribution is -0.119. The van der Waals surface area contributed by atoms with Gasteiger partial charge >= 0.3 is 0 Å². The van der Waals surface area contributed by atoms with Crippen LogP contribution in [-0.4, -0.2) is 24.5 Å². The molecule has 3 rings (SSSR count). The molecule has 2 heterocycles. The molecular formula is C16H15ClN4O4S2. The minimum absolute atomic E-state index is 0.128. The molecule has 0 spiro atoms. The number of carbonyl (C=O) groups is 1. The fourth-order valence-corrected chi connectivity index (χ4v) is 4.61. The zero-order chi connectivity index (χ0) is 19.4. The number of carbonyl (C=O) groups excluding carboxylic acids is 1. The van der Waals surface area contributed by atoms with Gasteiger partial charge in [0.25, 0.3) is 10.0 Å². The SMILES string of the molecule is CC(=O)NCc1ccc(S(=O)(=O)NCc2nc(-c3cccc(Cl)c3)no2)s1. The van der Waals surface area contributed by atoms with Crippen LogP contribution in [0.4, 0.5) is 0 Å². The van der Waals surface area contributed by atoms with Crippen LogP contribution in [0.3, 0.4) is 0 Å². The highest BCUT2D eigenvalue weighted by atomic mass is 35.5. The number of thiophene rings is 1. The molecule has 0 aliphatic rings. The van der Waals surface area contributed by atoms with E-state index in [9.17, 15) is 13.2 Å². The van der Waals surface area contributed by atoms with E-state index in [2.05, 4.69) is 20.2 Å². The molecule has 0 saturated carbocycles. The molecule has 3 aromatic rings. The molecule has 0 aliphatic carbocycles. The Hall–Kier alpha value is -2.27. The maximum atomic E-state index is 12.4. The molecule has 0 unspecified atom stereocenters. The molecule has 0 atom stereocenters. The number of aromatic nitrogens is 2. The zero-order valence-electron chi connectivity index (χ0n) is 14.1. The minimum atomic E-state index is -3.73. The molecule has 142 valence electrons. The van der Waals surface area contributed by atoms with E-state index in [0.717, 1.165) is 16.2 Å². The second kappa shape index (κ2) is 8.17. The van der Waals surface area contributed by atoms with Crippen LogP contribution < -0.4 is 10.0 Å². The number of sulfonamides is 1. The van der Waals surface area contributed by atoms with Crippen LogP contribution in [0.15, 0.2) is 45.1 Å². The van der Waals surface area contributed by atoms with Crippen molar-refractivity contribution in [1.82, 2.24) is 20.2 Å². The van der Waals surface area contributed by atoms with Gasteiger partial charge in [-0.15, -0.1) is 11.3 Å². The number of nitrogens with zero attached hydrogens (tertiary/aromatic N) is 2. The molecule has 27 heavy (non-hydrogen) atoms. The first-order chi connectivity index (χ1) is 12.8. The van der Waals surface area contributed by atoms with E-state index >= 15 is 0 Å². The first-order valence-electron chi connectivity index (χ1n) is 7.75. The van der Waals surface area contributed by atoms with Crippen molar-refractivity contribution in [1.29, 1.82) is 0 Å². The maximum absolute atomic E-state index is 12.4. The summed E-state index contributed by atoms with van der Waals surface area (Å²) in [6.07, 6.45) is 0. The van der Waals surface area contributed by atoms with Gasteiger partial charge in [-0.05, 0) is 24.3 Å². The van der Waals surface area contributed by atoms with Gasteiger partial charge in [-0.3, -0.25) is 4.79 Å². The molecule has 0 fully saturated rings. The van der Waals surface area contributed by atoms with Gasteiger partial charge in [0.15, 0.2) is 0 Å². The summed E-state index contributed by atoms with van der Waals surface area (Å²) in [5.74, 6) is 0.266. The number of rotatable bonds is 7. The lowest BCUT2D eigenvalue weighted by Crippen LogP contribution is -2.22. The van der Waals surface area contributed by atoms with E-state index in [0.29, 0.717) is 16.4 Å².